The zero-order valence-electron chi connectivity index (χ0n) is 46.3. The van der Waals surface area contributed by atoms with E-state index in [4.69, 9.17) is 41.6 Å². The number of imidazole rings is 1. The third-order valence-electron chi connectivity index (χ3n) is 11.8. The van der Waals surface area contributed by atoms with Gasteiger partial charge in [-0.15, -0.1) is 69.2 Å². The van der Waals surface area contributed by atoms with E-state index in [1.165, 1.54) is 27.9 Å². The number of halogens is 1. The number of pyridine rings is 1. The van der Waals surface area contributed by atoms with Crippen LogP contribution >= 0.6 is 35.1 Å². The van der Waals surface area contributed by atoms with Gasteiger partial charge in [-0.1, -0.05) is 23.7 Å². The molecular formula is C51H52ClN11O17S7. The van der Waals surface area contributed by atoms with Crippen LogP contribution in [0.2, 0.25) is 5.02 Å². The molecule has 0 amide bonds. The quantitative estimate of drug-likeness (QED) is 0.0189. The number of unbranched alkanes of at least 4 members (excludes halogenated alkanes) is 1. The van der Waals surface area contributed by atoms with Crippen molar-refractivity contribution >= 4 is 149 Å². The van der Waals surface area contributed by atoms with Gasteiger partial charge in [-0.2, -0.15) is 51.0 Å². The van der Waals surface area contributed by atoms with Gasteiger partial charge >= 0.3 is 21.2 Å². The molecule has 2 aromatic heterocycles. The number of hydrogen-bond donors (Lipinski definition) is 4. The van der Waals surface area contributed by atoms with Gasteiger partial charge in [0.2, 0.25) is 5.88 Å². The smallest absolute Gasteiger partial charge is 0.425 e. The summed E-state index contributed by atoms with van der Waals surface area (Å²) in [5, 5.41) is 58.5. The molecule has 7 rings (SSSR count). The van der Waals surface area contributed by atoms with Crippen molar-refractivity contribution in [3.05, 3.63) is 117 Å². The van der Waals surface area contributed by atoms with E-state index >= 15 is 0 Å². The molecule has 7 aromatic rings. The first-order chi connectivity index (χ1) is 40.8. The minimum atomic E-state index is -4.25. The Morgan fingerprint density at radius 2 is 1.03 bits per heavy atom. The number of aryl methyl sites for hydroxylation is 4. The number of aromatic nitrogens is 2. The van der Waals surface area contributed by atoms with Crippen LogP contribution in [0.5, 0.6) is 11.6 Å². The van der Waals surface area contributed by atoms with Crippen LogP contribution in [0.15, 0.2) is 130 Å². The number of thioether (sulfide) groups is 2. The van der Waals surface area contributed by atoms with E-state index in [0.717, 1.165) is 5.56 Å². The van der Waals surface area contributed by atoms with Gasteiger partial charge in [0.25, 0.3) is 30.4 Å². The van der Waals surface area contributed by atoms with E-state index in [2.05, 4.69) is 52.0 Å². The fourth-order valence-electron chi connectivity index (χ4n) is 7.68. The molecule has 0 saturated carbocycles. The fourth-order valence-corrected chi connectivity index (χ4v) is 11.7. The number of hydrogen-bond acceptors (Lipinski definition) is 26. The van der Waals surface area contributed by atoms with Crippen molar-refractivity contribution in [2.24, 2.45) is 40.9 Å². The van der Waals surface area contributed by atoms with Gasteiger partial charge < -0.3 is 9.84 Å². The topological polar surface area (TPSA) is 435 Å². The Bertz CT molecular complexity index is 4450. The molecule has 36 heteroatoms. The number of nitriles is 1. The van der Waals surface area contributed by atoms with Crippen molar-refractivity contribution in [2.75, 3.05) is 35.4 Å². The Morgan fingerprint density at radius 1 is 0.586 bits per heavy atom. The summed E-state index contributed by atoms with van der Waals surface area (Å²) in [6.07, 6.45) is 0.534. The monoisotopic (exact) mass is 1350 g/mol. The van der Waals surface area contributed by atoms with Gasteiger partial charge in [-0.05, 0) is 155 Å². The molecule has 0 aliphatic carbocycles. The maximum Gasteiger partial charge on any atom is 0.425 e. The minimum Gasteiger partial charge on any atom is -0.493 e. The Labute approximate surface area is 515 Å². The van der Waals surface area contributed by atoms with Crippen molar-refractivity contribution in [3.8, 4) is 17.7 Å². The molecule has 0 spiro atoms. The third-order valence-corrected chi connectivity index (χ3v) is 16.7. The molecule has 5 aromatic carbocycles. The Hall–Kier alpha value is -7.50. The fraction of sp³-hybridized carbons (Fsp3) is 0.294. The lowest BCUT2D eigenvalue weighted by atomic mass is 10.1. The highest BCUT2D eigenvalue weighted by atomic mass is 35.5. The zero-order chi connectivity index (χ0) is 64.4. The molecule has 28 nitrogen and oxygen atoms in total. The average Bonchev–Trinajstić information content (AvgIpc) is 1.66. The lowest BCUT2D eigenvalue weighted by Gasteiger charge is -2.12. The molecule has 0 fully saturated rings. The summed E-state index contributed by atoms with van der Waals surface area (Å²) < 4.78 is 155. The molecule has 0 aliphatic heterocycles. The summed E-state index contributed by atoms with van der Waals surface area (Å²) in [7, 11) is -18.9. The number of benzene rings is 5. The Kier molecular flexibility index (Phi) is 25.8. The first-order valence-corrected chi connectivity index (χ1v) is 34.2. The second-order valence-corrected chi connectivity index (χ2v) is 26.6. The second kappa shape index (κ2) is 31.9. The number of azo groups is 4. The molecule has 0 atom stereocenters. The highest BCUT2D eigenvalue weighted by molar-refractivity contribution is 7.99. The lowest BCUT2D eigenvalue weighted by Crippen LogP contribution is -2.06. The van der Waals surface area contributed by atoms with Crippen LogP contribution in [0.4, 0.5) is 45.5 Å². The van der Waals surface area contributed by atoms with Crippen molar-refractivity contribution < 1.29 is 74.0 Å². The Balaban J connectivity index is 0.00000162. The van der Waals surface area contributed by atoms with Crippen molar-refractivity contribution in [1.82, 2.24) is 9.38 Å². The number of rotatable bonds is 24. The van der Waals surface area contributed by atoms with Gasteiger partial charge in [0.1, 0.15) is 23.1 Å². The summed E-state index contributed by atoms with van der Waals surface area (Å²) in [6, 6.07) is 24.5. The number of ether oxygens (including phenoxy) is 1. The van der Waals surface area contributed by atoms with Crippen LogP contribution in [0.1, 0.15) is 59.1 Å². The van der Waals surface area contributed by atoms with Crippen molar-refractivity contribution in [3.63, 3.8) is 0 Å². The molecule has 4 N–H and O–H groups in total. The predicted octanol–water partition coefficient (Wildman–Crippen LogP) is 12.7. The van der Waals surface area contributed by atoms with Crippen LogP contribution in [-0.4, -0.2) is 114 Å². The maximum atomic E-state index is 11.7. The largest absolute Gasteiger partial charge is 0.493 e. The van der Waals surface area contributed by atoms with Gasteiger partial charge in [-0.3, -0.25) is 18.1 Å². The van der Waals surface area contributed by atoms with E-state index in [-0.39, 0.29) is 72.3 Å². The molecular weight excluding hydrogens is 1300 g/mol. The van der Waals surface area contributed by atoms with E-state index in [0.29, 0.717) is 88.0 Å². The third kappa shape index (κ3) is 22.3. The molecule has 0 bridgehead atoms. The summed E-state index contributed by atoms with van der Waals surface area (Å²) in [6.45, 7) is 8.81. The summed E-state index contributed by atoms with van der Waals surface area (Å²) >= 11 is 8.57. The number of para-hydroxylation sites is 1. The van der Waals surface area contributed by atoms with Crippen LogP contribution in [0.3, 0.4) is 0 Å². The normalized spacial score (nSPS) is 12.0. The van der Waals surface area contributed by atoms with Crippen molar-refractivity contribution in [2.45, 2.75) is 70.1 Å². The summed E-state index contributed by atoms with van der Waals surface area (Å²) in [5.74, 6) is -1.02. The van der Waals surface area contributed by atoms with E-state index in [1.807, 2.05) is 19.9 Å². The van der Waals surface area contributed by atoms with Crippen LogP contribution < -0.4 is 4.74 Å². The van der Waals surface area contributed by atoms with Crippen LogP contribution in [0, 0.1) is 45.9 Å². The molecule has 0 saturated heterocycles. The highest BCUT2D eigenvalue weighted by Gasteiger charge is 2.22. The summed E-state index contributed by atoms with van der Waals surface area (Å²) in [5.41, 5.74) is 7.39. The SMILES string of the molecule is Cc1cc(N=Nc2cc(SCCCS(=O)(=O)O)c(N=Nc3cc(OCCCCS(=O)(=O)O)c(N=Nc4c(C)c(C#N)c5nc6c(C)cccc6n5c4O)cc3C)cc2C)c(SCCCS(=O)(=O)O)cc1N=Nc1ccc(Cl)cc1.O=S(=O)=O.O=S(=O)=O. The number of fused-ring (bicyclic) bond motifs is 3. The molecule has 2 heterocycles. The molecule has 0 aliphatic rings. The summed E-state index contributed by atoms with van der Waals surface area (Å²) in [4.78, 5) is 5.77. The van der Waals surface area contributed by atoms with Crippen LogP contribution in [-0.2, 0) is 51.6 Å². The first kappa shape index (κ1) is 70.3. The predicted molar refractivity (Wildman–Crippen MR) is 324 cm³/mol. The second-order valence-electron chi connectivity index (χ2n) is 18.3. The van der Waals surface area contributed by atoms with E-state index in [9.17, 15) is 49.3 Å². The lowest BCUT2D eigenvalue weighted by molar-refractivity contribution is 0.310. The van der Waals surface area contributed by atoms with Gasteiger partial charge in [0.15, 0.2) is 11.3 Å². The Morgan fingerprint density at radius 3 is 1.53 bits per heavy atom. The van der Waals surface area contributed by atoms with Crippen molar-refractivity contribution in [1.29, 1.82) is 5.26 Å². The molecule has 0 radical (unpaired) electrons. The zero-order valence-corrected chi connectivity index (χ0v) is 52.8. The van der Waals surface area contributed by atoms with Crippen LogP contribution in [0.25, 0.3) is 16.7 Å². The standard InChI is InChI=1S/C51H52ClN11O11S5.2O3S/c1-30-11-8-12-44-48(30)54-50-37(29-53)34(5)49(51(64)63(44)50)62-59-41-23-31(2)38(26-45(41)74-17-6-7-20-77(65,66)67)57-60-42-25-33(4)40(28-47(42)76-19-10-22-79(71,72)73)58-61-43-24-32(3)39(56-55-36-15-13-35(52)14-16-36)27-46(43)75-18-9-21-78(68,69)70;2*1-4(2)3/h8,11-16,23-28,64H,6-7,9-10,17-22H2,1-5H3,(H,65,66,67)(H,68,69,70)(H,71,72,73);;. The number of aromatic hydroxyl groups is 1. The highest BCUT2D eigenvalue weighted by Crippen LogP contribution is 2.44. The first-order valence-electron chi connectivity index (χ1n) is 25.0. The van der Waals surface area contributed by atoms with Gasteiger partial charge in [0.05, 0.1) is 69.0 Å². The number of nitrogens with zero attached hydrogens (tertiary/aromatic N) is 11. The molecule has 462 valence electrons. The van der Waals surface area contributed by atoms with Gasteiger partial charge in [-0.25, -0.2) is 4.98 Å². The van der Waals surface area contributed by atoms with Gasteiger partial charge in [0, 0.05) is 26.4 Å². The van der Waals surface area contributed by atoms with E-state index in [1.54, 1.807) is 93.6 Å². The average molecular weight is 1350 g/mol. The molecule has 87 heavy (non-hydrogen) atoms. The maximum absolute atomic E-state index is 11.7. The minimum absolute atomic E-state index is 0.0000566. The van der Waals surface area contributed by atoms with E-state index < -0.39 is 68.8 Å². The molecule has 0 unspecified atom stereocenters.